The largest absolute Gasteiger partial charge is 0.490 e. The Morgan fingerprint density at radius 3 is 2.52 bits per heavy atom. The molecule has 2 aromatic rings. The van der Waals surface area contributed by atoms with Gasteiger partial charge < -0.3 is 9.47 Å². The normalized spacial score (nSPS) is 10.0. The molecule has 2 aromatic carbocycles. The van der Waals surface area contributed by atoms with Gasteiger partial charge in [0.1, 0.15) is 0 Å². The Morgan fingerprint density at radius 1 is 1.22 bits per heavy atom. The Bertz CT molecular complexity index is 752. The van der Waals surface area contributed by atoms with Crippen LogP contribution in [-0.2, 0) is 11.2 Å². The first-order chi connectivity index (χ1) is 11.0. The molecule has 23 heavy (non-hydrogen) atoms. The van der Waals surface area contributed by atoms with Crippen LogP contribution in [0, 0.1) is 11.3 Å². The summed E-state index contributed by atoms with van der Waals surface area (Å²) in [5, 5.41) is 9.01. The number of ether oxygens (including phenoxy) is 2. The van der Waals surface area contributed by atoms with Gasteiger partial charge in [0.15, 0.2) is 11.5 Å². The number of carbonyl (C=O) groups excluding carboxylic acids is 1. The molecule has 0 unspecified atom stereocenters. The van der Waals surface area contributed by atoms with E-state index in [2.05, 4.69) is 31.9 Å². The number of benzene rings is 2. The first kappa shape index (κ1) is 17.5. The third-order valence-corrected chi connectivity index (χ3v) is 4.03. The van der Waals surface area contributed by atoms with Crippen LogP contribution in [-0.4, -0.2) is 12.6 Å². The molecule has 0 saturated carbocycles. The Kier molecular flexibility index (Phi) is 6.20. The molecule has 0 amide bonds. The number of halogens is 2. The fraction of sp³-hybridized carbons (Fsp3) is 0.176. The molecular formula is C17H13Br2NO3. The molecule has 0 aliphatic carbocycles. The van der Waals surface area contributed by atoms with Gasteiger partial charge >= 0.3 is 5.97 Å². The van der Waals surface area contributed by atoms with Crippen molar-refractivity contribution < 1.29 is 14.3 Å². The molecule has 0 radical (unpaired) electrons. The maximum atomic E-state index is 12.2. The SMILES string of the molecule is CCOc1cc(C#N)cc(Br)c1OC(=O)Cc1ccc(Br)cc1. The molecule has 0 bridgehead atoms. The van der Waals surface area contributed by atoms with Crippen molar-refractivity contribution in [2.24, 2.45) is 0 Å². The molecule has 2 rings (SSSR count). The zero-order valence-electron chi connectivity index (χ0n) is 12.3. The summed E-state index contributed by atoms with van der Waals surface area (Å²) < 4.78 is 12.3. The number of nitriles is 1. The Balaban J connectivity index is 2.19. The maximum absolute atomic E-state index is 12.2. The molecule has 0 aliphatic heterocycles. The number of hydrogen-bond acceptors (Lipinski definition) is 4. The third-order valence-electron chi connectivity index (χ3n) is 2.92. The summed E-state index contributed by atoms with van der Waals surface area (Å²) in [5.41, 5.74) is 1.27. The van der Waals surface area contributed by atoms with Crippen LogP contribution in [0.25, 0.3) is 0 Å². The zero-order chi connectivity index (χ0) is 16.8. The van der Waals surface area contributed by atoms with Gasteiger partial charge in [0.25, 0.3) is 0 Å². The number of carbonyl (C=O) groups is 1. The molecule has 118 valence electrons. The van der Waals surface area contributed by atoms with Gasteiger partial charge in [-0.1, -0.05) is 28.1 Å². The van der Waals surface area contributed by atoms with E-state index in [-0.39, 0.29) is 12.2 Å². The van der Waals surface area contributed by atoms with Gasteiger partial charge in [-0.15, -0.1) is 0 Å². The highest BCUT2D eigenvalue weighted by Crippen LogP contribution is 2.37. The fourth-order valence-corrected chi connectivity index (χ4v) is 2.70. The van der Waals surface area contributed by atoms with Gasteiger partial charge in [-0.3, -0.25) is 4.79 Å². The lowest BCUT2D eigenvalue weighted by molar-refractivity contribution is -0.133. The van der Waals surface area contributed by atoms with Crippen LogP contribution in [0.3, 0.4) is 0 Å². The molecule has 0 saturated heterocycles. The molecule has 0 aliphatic rings. The highest BCUT2D eigenvalue weighted by atomic mass is 79.9. The number of esters is 1. The molecular weight excluding hydrogens is 426 g/mol. The van der Waals surface area contributed by atoms with E-state index < -0.39 is 5.97 Å². The number of hydrogen-bond donors (Lipinski definition) is 0. The standard InChI is InChI=1S/C17H13Br2NO3/c1-2-22-15-8-12(10-20)7-14(19)17(15)23-16(21)9-11-3-5-13(18)6-4-11/h3-8H,2,9H2,1H3. The molecule has 0 aromatic heterocycles. The summed E-state index contributed by atoms with van der Waals surface area (Å²) in [6, 6.07) is 12.6. The van der Waals surface area contributed by atoms with Crippen molar-refractivity contribution in [2.45, 2.75) is 13.3 Å². The van der Waals surface area contributed by atoms with Crippen LogP contribution in [0.4, 0.5) is 0 Å². The van der Waals surface area contributed by atoms with Gasteiger partial charge in [-0.25, -0.2) is 0 Å². The summed E-state index contributed by atoms with van der Waals surface area (Å²) >= 11 is 6.67. The van der Waals surface area contributed by atoms with Crippen molar-refractivity contribution in [1.82, 2.24) is 0 Å². The Hall–Kier alpha value is -1.84. The smallest absolute Gasteiger partial charge is 0.315 e. The molecule has 0 atom stereocenters. The van der Waals surface area contributed by atoms with Gasteiger partial charge in [-0.05, 0) is 46.6 Å². The maximum Gasteiger partial charge on any atom is 0.315 e. The van der Waals surface area contributed by atoms with Crippen LogP contribution in [0.1, 0.15) is 18.1 Å². The highest BCUT2D eigenvalue weighted by Gasteiger charge is 2.16. The Labute approximate surface area is 151 Å². The lowest BCUT2D eigenvalue weighted by Crippen LogP contribution is -2.12. The summed E-state index contributed by atoms with van der Waals surface area (Å²) in [5.74, 6) is 0.245. The van der Waals surface area contributed by atoms with Crippen molar-refractivity contribution in [2.75, 3.05) is 6.61 Å². The van der Waals surface area contributed by atoms with E-state index >= 15 is 0 Å². The average Bonchev–Trinajstić information content (AvgIpc) is 2.53. The van der Waals surface area contributed by atoms with E-state index in [1.54, 1.807) is 12.1 Å². The van der Waals surface area contributed by atoms with Crippen LogP contribution in [0.15, 0.2) is 45.3 Å². The van der Waals surface area contributed by atoms with E-state index in [0.29, 0.717) is 22.4 Å². The van der Waals surface area contributed by atoms with Crippen molar-refractivity contribution in [1.29, 1.82) is 5.26 Å². The quantitative estimate of drug-likeness (QED) is 0.504. The van der Waals surface area contributed by atoms with Crippen LogP contribution in [0.5, 0.6) is 11.5 Å². The number of nitrogens with zero attached hydrogens (tertiary/aromatic N) is 1. The molecule has 6 heteroatoms. The minimum atomic E-state index is -0.404. The molecule has 4 nitrogen and oxygen atoms in total. The predicted molar refractivity (Wildman–Crippen MR) is 93.5 cm³/mol. The molecule has 0 spiro atoms. The Morgan fingerprint density at radius 2 is 1.91 bits per heavy atom. The first-order valence-corrected chi connectivity index (χ1v) is 8.43. The lowest BCUT2D eigenvalue weighted by atomic mass is 10.1. The predicted octanol–water partition coefficient (Wildman–Crippen LogP) is 4.63. The second-order valence-electron chi connectivity index (χ2n) is 4.61. The summed E-state index contributed by atoms with van der Waals surface area (Å²) in [7, 11) is 0. The molecule has 0 heterocycles. The van der Waals surface area contributed by atoms with Crippen molar-refractivity contribution in [3.63, 3.8) is 0 Å². The summed E-state index contributed by atoms with van der Waals surface area (Å²) in [4.78, 5) is 12.2. The molecule has 0 N–H and O–H groups in total. The van der Waals surface area contributed by atoms with Crippen LogP contribution >= 0.6 is 31.9 Å². The minimum absolute atomic E-state index is 0.144. The summed E-state index contributed by atoms with van der Waals surface area (Å²) in [6.07, 6.45) is 0.144. The van der Waals surface area contributed by atoms with Crippen LogP contribution < -0.4 is 9.47 Å². The third kappa shape index (κ3) is 4.81. The average molecular weight is 439 g/mol. The van der Waals surface area contributed by atoms with E-state index in [4.69, 9.17) is 14.7 Å². The minimum Gasteiger partial charge on any atom is -0.490 e. The monoisotopic (exact) mass is 437 g/mol. The van der Waals surface area contributed by atoms with Gasteiger partial charge in [-0.2, -0.15) is 5.26 Å². The van der Waals surface area contributed by atoms with Crippen LogP contribution in [0.2, 0.25) is 0 Å². The summed E-state index contributed by atoms with van der Waals surface area (Å²) in [6.45, 7) is 2.22. The lowest BCUT2D eigenvalue weighted by Gasteiger charge is -2.13. The van der Waals surface area contributed by atoms with Gasteiger partial charge in [0.05, 0.1) is 29.1 Å². The zero-order valence-corrected chi connectivity index (χ0v) is 15.5. The van der Waals surface area contributed by atoms with Gasteiger partial charge in [0, 0.05) is 10.5 Å². The first-order valence-electron chi connectivity index (χ1n) is 6.85. The highest BCUT2D eigenvalue weighted by molar-refractivity contribution is 9.10. The van der Waals surface area contributed by atoms with Crippen molar-refractivity contribution in [3.05, 3.63) is 56.5 Å². The second-order valence-corrected chi connectivity index (χ2v) is 6.38. The van der Waals surface area contributed by atoms with E-state index in [0.717, 1.165) is 10.0 Å². The van der Waals surface area contributed by atoms with Gasteiger partial charge in [0.2, 0.25) is 0 Å². The number of rotatable bonds is 5. The van der Waals surface area contributed by atoms with Crippen molar-refractivity contribution in [3.8, 4) is 17.6 Å². The van der Waals surface area contributed by atoms with E-state index in [1.165, 1.54) is 0 Å². The second kappa shape index (κ2) is 8.14. The fourth-order valence-electron chi connectivity index (χ4n) is 1.91. The van der Waals surface area contributed by atoms with E-state index in [1.807, 2.05) is 37.3 Å². The molecule has 0 fully saturated rings. The van der Waals surface area contributed by atoms with E-state index in [9.17, 15) is 4.79 Å². The van der Waals surface area contributed by atoms with Crippen molar-refractivity contribution >= 4 is 37.8 Å². The topological polar surface area (TPSA) is 59.3 Å².